The lowest BCUT2D eigenvalue weighted by atomic mass is 10.2. The predicted octanol–water partition coefficient (Wildman–Crippen LogP) is 1.26. The van der Waals surface area contributed by atoms with Gasteiger partial charge in [-0.2, -0.15) is 8.78 Å². The molecule has 0 spiro atoms. The number of primary sulfonamides is 1. The summed E-state index contributed by atoms with van der Waals surface area (Å²) in [4.78, 5) is 4.22. The molecule has 150 valence electrons. The lowest BCUT2D eigenvalue weighted by Gasteiger charge is -2.13. The highest BCUT2D eigenvalue weighted by atomic mass is 127. The Morgan fingerprint density at radius 3 is 2.58 bits per heavy atom. The fourth-order valence-electron chi connectivity index (χ4n) is 1.83. The standard InChI is InChI=1S/C14H22F2N4O4S.HI/c1-3-18-14(19-6-7-25(17,21)22)20-9-10-8-11(23-2)4-5-12(10)24-13(15)16;/h4-5,8,13H,3,6-7,9H2,1-2H3,(H2,17,21,22)(H2,18,19,20);1H. The molecule has 12 heteroatoms. The van der Waals surface area contributed by atoms with Crippen LogP contribution < -0.4 is 25.2 Å². The van der Waals surface area contributed by atoms with E-state index in [2.05, 4.69) is 20.4 Å². The molecule has 1 aromatic rings. The van der Waals surface area contributed by atoms with Crippen molar-refractivity contribution < 1.29 is 26.7 Å². The normalized spacial score (nSPS) is 11.7. The summed E-state index contributed by atoms with van der Waals surface area (Å²) < 4.78 is 56.4. The van der Waals surface area contributed by atoms with Crippen LogP contribution in [0, 0.1) is 0 Å². The van der Waals surface area contributed by atoms with Gasteiger partial charge in [-0.3, -0.25) is 0 Å². The number of benzene rings is 1. The summed E-state index contributed by atoms with van der Waals surface area (Å²) in [5.74, 6) is 0.506. The van der Waals surface area contributed by atoms with Crippen LogP contribution in [0.5, 0.6) is 11.5 Å². The Bertz CT molecular complexity index is 690. The number of hydrogen-bond acceptors (Lipinski definition) is 5. The average Bonchev–Trinajstić information content (AvgIpc) is 2.52. The van der Waals surface area contributed by atoms with Crippen molar-refractivity contribution in [3.05, 3.63) is 23.8 Å². The molecular formula is C14H23F2IN4O4S. The summed E-state index contributed by atoms with van der Waals surface area (Å²) in [5, 5.41) is 10.6. The maximum atomic E-state index is 12.5. The molecule has 0 bridgehead atoms. The van der Waals surface area contributed by atoms with E-state index in [4.69, 9.17) is 9.88 Å². The fraction of sp³-hybridized carbons (Fsp3) is 0.500. The van der Waals surface area contributed by atoms with Crippen LogP contribution >= 0.6 is 24.0 Å². The molecule has 0 aliphatic heterocycles. The van der Waals surface area contributed by atoms with E-state index in [9.17, 15) is 17.2 Å². The lowest BCUT2D eigenvalue weighted by molar-refractivity contribution is -0.0504. The van der Waals surface area contributed by atoms with Crippen LogP contribution in [-0.4, -0.2) is 46.9 Å². The molecule has 0 fully saturated rings. The molecule has 1 rings (SSSR count). The number of nitrogens with two attached hydrogens (primary N) is 1. The molecular weight excluding hydrogens is 485 g/mol. The number of methoxy groups -OCH3 is 1. The van der Waals surface area contributed by atoms with E-state index in [0.29, 0.717) is 23.8 Å². The minimum atomic E-state index is -3.60. The summed E-state index contributed by atoms with van der Waals surface area (Å²) in [6, 6.07) is 4.41. The number of guanidine groups is 1. The highest BCUT2D eigenvalue weighted by Gasteiger charge is 2.11. The quantitative estimate of drug-likeness (QED) is 0.263. The zero-order valence-corrected chi connectivity index (χ0v) is 17.5. The summed E-state index contributed by atoms with van der Waals surface area (Å²) in [6.07, 6.45) is 0. The third-order valence-electron chi connectivity index (χ3n) is 2.91. The first-order valence-corrected chi connectivity index (χ1v) is 9.11. The maximum absolute atomic E-state index is 12.5. The molecule has 0 aromatic heterocycles. The molecule has 0 aliphatic rings. The van der Waals surface area contributed by atoms with Crippen molar-refractivity contribution >= 4 is 40.0 Å². The highest BCUT2D eigenvalue weighted by molar-refractivity contribution is 14.0. The third kappa shape index (κ3) is 9.91. The topological polar surface area (TPSA) is 115 Å². The largest absolute Gasteiger partial charge is 0.497 e. The van der Waals surface area contributed by atoms with E-state index in [1.807, 2.05) is 6.92 Å². The van der Waals surface area contributed by atoms with Crippen molar-refractivity contribution in [2.75, 3.05) is 26.0 Å². The summed E-state index contributed by atoms with van der Waals surface area (Å²) >= 11 is 0. The maximum Gasteiger partial charge on any atom is 0.387 e. The zero-order valence-electron chi connectivity index (χ0n) is 14.4. The second-order valence-corrected chi connectivity index (χ2v) is 6.58. The Morgan fingerprint density at radius 2 is 2.04 bits per heavy atom. The first-order valence-electron chi connectivity index (χ1n) is 7.39. The molecule has 1 aromatic carbocycles. The second kappa shape index (κ2) is 12.1. The van der Waals surface area contributed by atoms with Gasteiger partial charge in [-0.05, 0) is 25.1 Å². The first-order chi connectivity index (χ1) is 11.7. The van der Waals surface area contributed by atoms with Crippen molar-refractivity contribution in [1.29, 1.82) is 0 Å². The number of alkyl halides is 2. The van der Waals surface area contributed by atoms with Gasteiger partial charge in [0.15, 0.2) is 5.96 Å². The highest BCUT2D eigenvalue weighted by Crippen LogP contribution is 2.26. The SMILES string of the molecule is CCNC(=NCc1cc(OC)ccc1OC(F)F)NCCS(N)(=O)=O.I. The molecule has 0 saturated heterocycles. The Morgan fingerprint density at radius 1 is 1.35 bits per heavy atom. The molecule has 0 radical (unpaired) electrons. The van der Waals surface area contributed by atoms with E-state index in [-0.39, 0.29) is 48.6 Å². The Balaban J connectivity index is 0.00000625. The summed E-state index contributed by atoms with van der Waals surface area (Å²) in [7, 11) is -2.14. The van der Waals surface area contributed by atoms with Gasteiger partial charge in [0, 0.05) is 18.7 Å². The van der Waals surface area contributed by atoms with Crippen molar-refractivity contribution in [2.24, 2.45) is 10.1 Å². The minimum Gasteiger partial charge on any atom is -0.497 e. The second-order valence-electron chi connectivity index (χ2n) is 4.84. The lowest BCUT2D eigenvalue weighted by Crippen LogP contribution is -2.40. The van der Waals surface area contributed by atoms with Gasteiger partial charge >= 0.3 is 6.61 Å². The molecule has 0 saturated carbocycles. The van der Waals surface area contributed by atoms with Crippen LogP contribution in [0.3, 0.4) is 0 Å². The first kappa shape index (κ1) is 24.6. The predicted molar refractivity (Wildman–Crippen MR) is 106 cm³/mol. The van der Waals surface area contributed by atoms with Crippen molar-refractivity contribution in [3.8, 4) is 11.5 Å². The van der Waals surface area contributed by atoms with Crippen LogP contribution in [0.1, 0.15) is 12.5 Å². The number of aliphatic imine (C=N–C) groups is 1. The van der Waals surface area contributed by atoms with E-state index in [1.165, 1.54) is 25.3 Å². The Hall–Kier alpha value is -1.41. The van der Waals surface area contributed by atoms with E-state index in [1.54, 1.807) is 0 Å². The number of hydrogen-bond donors (Lipinski definition) is 3. The van der Waals surface area contributed by atoms with Crippen LogP contribution in [0.2, 0.25) is 0 Å². The van der Waals surface area contributed by atoms with Gasteiger partial charge in [0.05, 0.1) is 19.4 Å². The van der Waals surface area contributed by atoms with Crippen molar-refractivity contribution in [1.82, 2.24) is 10.6 Å². The molecule has 0 heterocycles. The van der Waals surface area contributed by atoms with Crippen LogP contribution in [0.15, 0.2) is 23.2 Å². The third-order valence-corrected chi connectivity index (χ3v) is 3.69. The van der Waals surface area contributed by atoms with Gasteiger partial charge in [-0.25, -0.2) is 18.5 Å². The van der Waals surface area contributed by atoms with Gasteiger partial charge in [-0.15, -0.1) is 24.0 Å². The van der Waals surface area contributed by atoms with Crippen molar-refractivity contribution in [3.63, 3.8) is 0 Å². The Labute approximate surface area is 168 Å². The van der Waals surface area contributed by atoms with E-state index in [0.717, 1.165) is 0 Å². The minimum absolute atomic E-state index is 0. The van der Waals surface area contributed by atoms with Gasteiger partial charge in [0.25, 0.3) is 0 Å². The molecule has 0 unspecified atom stereocenters. The Kier molecular flexibility index (Phi) is 11.4. The molecule has 4 N–H and O–H groups in total. The average molecular weight is 508 g/mol. The number of ether oxygens (including phenoxy) is 2. The van der Waals surface area contributed by atoms with Crippen molar-refractivity contribution in [2.45, 2.75) is 20.1 Å². The summed E-state index contributed by atoms with van der Waals surface area (Å²) in [5.41, 5.74) is 0.392. The number of rotatable bonds is 9. The number of sulfonamides is 1. The van der Waals surface area contributed by atoms with Crippen LogP contribution in [0.4, 0.5) is 8.78 Å². The smallest absolute Gasteiger partial charge is 0.387 e. The monoisotopic (exact) mass is 508 g/mol. The molecule has 0 aliphatic carbocycles. The molecule has 8 nitrogen and oxygen atoms in total. The molecule has 0 amide bonds. The molecule has 0 atom stereocenters. The molecule has 26 heavy (non-hydrogen) atoms. The van der Waals surface area contributed by atoms with E-state index < -0.39 is 16.6 Å². The van der Waals surface area contributed by atoms with E-state index >= 15 is 0 Å². The van der Waals surface area contributed by atoms with Gasteiger partial charge in [0.2, 0.25) is 10.0 Å². The van der Waals surface area contributed by atoms with Crippen LogP contribution in [0.25, 0.3) is 0 Å². The van der Waals surface area contributed by atoms with Gasteiger partial charge in [0.1, 0.15) is 11.5 Å². The fourth-order valence-corrected chi connectivity index (χ4v) is 2.22. The van der Waals surface area contributed by atoms with Crippen LogP contribution in [-0.2, 0) is 16.6 Å². The zero-order chi connectivity index (χ0) is 18.9. The summed E-state index contributed by atoms with van der Waals surface area (Å²) in [6.45, 7) is -0.530. The number of halogens is 3. The number of nitrogens with one attached hydrogen (secondary N) is 2. The number of nitrogens with zero attached hydrogens (tertiary/aromatic N) is 1. The van der Waals surface area contributed by atoms with Gasteiger partial charge < -0.3 is 20.1 Å². The van der Waals surface area contributed by atoms with Gasteiger partial charge in [-0.1, -0.05) is 0 Å².